The van der Waals surface area contributed by atoms with Crippen LogP contribution < -0.4 is 47.4 Å². The van der Waals surface area contributed by atoms with Crippen molar-refractivity contribution in [2.24, 2.45) is 0 Å². The van der Waals surface area contributed by atoms with Crippen LogP contribution in [-0.2, 0) is 0 Å². The lowest BCUT2D eigenvalue weighted by Crippen LogP contribution is -2.14. The molecule has 118 heavy (non-hydrogen) atoms. The minimum atomic E-state index is -1.65. The van der Waals surface area contributed by atoms with Gasteiger partial charge in [-0.2, -0.15) is 0 Å². The summed E-state index contributed by atoms with van der Waals surface area (Å²) in [5, 5.41) is 218. The van der Waals surface area contributed by atoms with Gasteiger partial charge >= 0.3 is 59.7 Å². The molecule has 11 aromatic rings. The highest BCUT2D eigenvalue weighted by Crippen LogP contribution is 2.48. The SMILES string of the molecule is Cc1c(O)cc(C(=O)Oc2cc(C(=O)Oc3cc(C(=O)Oc4cc(C(=O)Oc5cc(C(=O)Oc6cc(C(=O)Oc7cc(C(=O)Oc8cccc(OC(=O)c9cc(O)c(O)c(OC(=O)c%10cc(O)c(O)c(OC(=O)c%11cc(O)c(O)c(O)c%11)c%10)c9)c8)cc(O)c7O)cc(O)c6O)cc(O)c5O)cc(O)c4O)cc(O)c3O)cc(O)c2O)cc1O. The summed E-state index contributed by atoms with van der Waals surface area (Å²) in [5.74, 6) is -46.6. The number of hydrogen-bond acceptors (Lipinski definition) is 41. The maximum absolute atomic E-state index is 13.6. The summed E-state index contributed by atoms with van der Waals surface area (Å²) in [7, 11) is 0. The fourth-order valence-electron chi connectivity index (χ4n) is 10.0. The van der Waals surface area contributed by atoms with E-state index >= 15 is 0 Å². The largest absolute Gasteiger partial charge is 0.508 e. The molecule has 21 N–H and O–H groups in total. The number of carbonyl (C=O) groups is 10. The second kappa shape index (κ2) is 32.1. The van der Waals surface area contributed by atoms with Crippen LogP contribution in [0.1, 0.15) is 109 Å². The Kier molecular flexibility index (Phi) is 22.0. The predicted octanol–water partition coefficient (Wildman–Crippen LogP) is 8.00. The molecule has 41 heteroatoms. The molecule has 0 saturated carbocycles. The van der Waals surface area contributed by atoms with Crippen molar-refractivity contribution in [1.29, 1.82) is 0 Å². The molecule has 0 saturated heterocycles. The highest BCUT2D eigenvalue weighted by Gasteiger charge is 2.31. The van der Waals surface area contributed by atoms with Crippen molar-refractivity contribution in [3.8, 4) is 178 Å². The summed E-state index contributed by atoms with van der Waals surface area (Å²) in [6.45, 7) is 1.31. The van der Waals surface area contributed by atoms with Crippen LogP contribution in [0.5, 0.6) is 178 Å². The zero-order chi connectivity index (χ0) is 86.1. The van der Waals surface area contributed by atoms with Crippen molar-refractivity contribution >= 4 is 59.7 Å². The molecule has 602 valence electrons. The molecule has 0 bridgehead atoms. The fraction of sp³-hybridized carbons (Fsp3) is 0.0130. The van der Waals surface area contributed by atoms with Gasteiger partial charge in [0.25, 0.3) is 0 Å². The Bertz CT molecular complexity index is 6110. The first-order valence-corrected chi connectivity index (χ1v) is 32.2. The van der Waals surface area contributed by atoms with Crippen molar-refractivity contribution in [2.75, 3.05) is 0 Å². The molecular weight excluding hydrogens is 1580 g/mol. The van der Waals surface area contributed by atoms with Gasteiger partial charge in [-0.1, -0.05) is 6.07 Å². The van der Waals surface area contributed by atoms with Crippen LogP contribution >= 0.6 is 0 Å². The molecule has 0 amide bonds. The first kappa shape index (κ1) is 80.9. The van der Waals surface area contributed by atoms with Crippen LogP contribution in [0.15, 0.2) is 146 Å². The van der Waals surface area contributed by atoms with Gasteiger partial charge in [-0.05, 0) is 140 Å². The lowest BCUT2D eigenvalue weighted by Gasteiger charge is -2.14. The molecule has 41 nitrogen and oxygen atoms in total. The van der Waals surface area contributed by atoms with Crippen molar-refractivity contribution in [2.45, 2.75) is 6.92 Å². The average molecular weight is 1630 g/mol. The van der Waals surface area contributed by atoms with Gasteiger partial charge in [0, 0.05) is 11.6 Å². The van der Waals surface area contributed by atoms with Crippen molar-refractivity contribution in [1.82, 2.24) is 0 Å². The Morgan fingerprint density at radius 2 is 0.314 bits per heavy atom. The van der Waals surface area contributed by atoms with E-state index in [0.717, 1.165) is 30.3 Å². The van der Waals surface area contributed by atoms with E-state index in [0.29, 0.717) is 109 Å². The number of esters is 10. The molecule has 0 unspecified atom stereocenters. The van der Waals surface area contributed by atoms with Crippen LogP contribution in [0.4, 0.5) is 0 Å². The van der Waals surface area contributed by atoms with Crippen LogP contribution in [0, 0.1) is 6.92 Å². The summed E-state index contributed by atoms with van der Waals surface area (Å²) in [4.78, 5) is 134. The lowest BCUT2D eigenvalue weighted by atomic mass is 10.1. The van der Waals surface area contributed by atoms with E-state index in [1.165, 1.54) is 13.0 Å². The second-order valence-corrected chi connectivity index (χ2v) is 24.1. The standard InChI is InChI=1S/C77H48O41/c1-26-39(78)5-27(6-40(26)79)70(101)111-53-19-31(11-45(84)62(53)93)74(105)115-56-22-34(14-48(87)65(56)96)76(107)117-58-24-36(16-50(89)67(58)98)77(108)118-57-23-35(15-49(88)66(57)97)75(106)116-55-21-33(13-47(86)64(55)95)73(104)114-52-18-30(10-44(83)61(52)92)69(100)110-38-4-2-3-37(25-38)109-68(99)29-9-43(82)60(91)51(17-29)113-72(103)32-12-46(85)63(94)54(20-32)112-71(102)28-7-41(80)59(90)42(81)8-28/h2-25,78-98H,1H3. The third-order valence-electron chi connectivity index (χ3n) is 16.1. The highest BCUT2D eigenvalue weighted by atomic mass is 16.6. The van der Waals surface area contributed by atoms with E-state index in [-0.39, 0.29) is 5.56 Å². The molecule has 0 aliphatic rings. The number of rotatable bonds is 20. The second-order valence-electron chi connectivity index (χ2n) is 24.1. The first-order valence-electron chi connectivity index (χ1n) is 32.2. The number of benzene rings is 11. The molecule has 0 aliphatic heterocycles. The van der Waals surface area contributed by atoms with Gasteiger partial charge in [0.15, 0.2) is 109 Å². The number of ether oxygens (including phenoxy) is 10. The molecule has 0 aromatic heterocycles. The predicted molar refractivity (Wildman–Crippen MR) is 380 cm³/mol. The molecular formula is C77H48O41. The van der Waals surface area contributed by atoms with Gasteiger partial charge < -0.3 is 155 Å². The number of hydrogen-bond donors (Lipinski definition) is 21. The molecule has 11 aromatic carbocycles. The fourth-order valence-corrected chi connectivity index (χ4v) is 10.0. The van der Waals surface area contributed by atoms with Crippen molar-refractivity contribution in [3.63, 3.8) is 0 Å². The summed E-state index contributed by atoms with van der Waals surface area (Å²) in [6, 6.07) is 16.8. The van der Waals surface area contributed by atoms with E-state index in [4.69, 9.17) is 47.4 Å². The van der Waals surface area contributed by atoms with Gasteiger partial charge in [0.2, 0.25) is 46.0 Å². The van der Waals surface area contributed by atoms with Gasteiger partial charge in [0.05, 0.1) is 55.6 Å². The monoisotopic (exact) mass is 1630 g/mol. The average Bonchev–Trinajstić information content (AvgIpc) is 0.805. The number of phenolic OH excluding ortho intramolecular Hbond substituents is 21. The topological polar surface area (TPSA) is 688 Å². The van der Waals surface area contributed by atoms with E-state index < -0.39 is 294 Å². The van der Waals surface area contributed by atoms with Gasteiger partial charge in [-0.3, -0.25) is 0 Å². The van der Waals surface area contributed by atoms with Crippen molar-refractivity contribution in [3.05, 3.63) is 207 Å². The zero-order valence-corrected chi connectivity index (χ0v) is 58.4. The molecule has 0 radical (unpaired) electrons. The van der Waals surface area contributed by atoms with E-state index in [2.05, 4.69) is 0 Å². The minimum absolute atomic E-state index is 0.0128. The molecule has 0 fully saturated rings. The number of phenols is 21. The van der Waals surface area contributed by atoms with E-state index in [1.807, 2.05) is 0 Å². The summed E-state index contributed by atoms with van der Waals surface area (Å²) >= 11 is 0. The summed E-state index contributed by atoms with van der Waals surface area (Å²) < 4.78 is 51.5. The van der Waals surface area contributed by atoms with Crippen LogP contribution in [0.3, 0.4) is 0 Å². The van der Waals surface area contributed by atoms with Crippen LogP contribution in [-0.4, -0.2) is 167 Å². The third-order valence-corrected chi connectivity index (χ3v) is 16.1. The maximum atomic E-state index is 13.6. The minimum Gasteiger partial charge on any atom is -0.508 e. The van der Waals surface area contributed by atoms with Crippen LogP contribution in [0.25, 0.3) is 0 Å². The Balaban J connectivity index is 0.722. The Labute approximate surface area is 651 Å². The molecule has 0 atom stereocenters. The molecule has 0 aliphatic carbocycles. The Morgan fingerprint density at radius 3 is 0.483 bits per heavy atom. The van der Waals surface area contributed by atoms with Gasteiger partial charge in [-0.15, -0.1) is 0 Å². The normalized spacial score (nSPS) is 10.8. The van der Waals surface area contributed by atoms with Crippen molar-refractivity contribution < 1.29 is 203 Å². The molecule has 11 rings (SSSR count). The third kappa shape index (κ3) is 17.1. The van der Waals surface area contributed by atoms with E-state index in [9.17, 15) is 155 Å². The molecule has 0 spiro atoms. The zero-order valence-electron chi connectivity index (χ0n) is 58.4. The number of carbonyl (C=O) groups excluding carboxylic acids is 10. The lowest BCUT2D eigenvalue weighted by molar-refractivity contribution is 0.0698. The highest BCUT2D eigenvalue weighted by molar-refractivity contribution is 6.02. The van der Waals surface area contributed by atoms with E-state index in [1.54, 1.807) is 0 Å². The van der Waals surface area contributed by atoms with Crippen LogP contribution in [0.2, 0.25) is 0 Å². The number of aromatic hydroxyl groups is 21. The first-order chi connectivity index (χ1) is 55.6. The summed E-state index contributed by atoms with van der Waals surface area (Å²) in [5.41, 5.74) is -7.20. The maximum Gasteiger partial charge on any atom is 0.343 e. The summed E-state index contributed by atoms with van der Waals surface area (Å²) in [6.07, 6.45) is 0. The van der Waals surface area contributed by atoms with Gasteiger partial charge in [0.1, 0.15) is 23.0 Å². The smallest absolute Gasteiger partial charge is 0.343 e. The Hall–Kier alpha value is -18.1. The molecule has 0 heterocycles. The van der Waals surface area contributed by atoms with Gasteiger partial charge in [-0.25, -0.2) is 47.9 Å². The Morgan fingerprint density at radius 1 is 0.178 bits per heavy atom. The quantitative estimate of drug-likeness (QED) is 0.0195.